The Balaban J connectivity index is 0.000000138. The normalized spacial score (nSPS) is 9.94. The average molecular weight is 239 g/mol. The molecule has 0 saturated heterocycles. The van der Waals surface area contributed by atoms with Gasteiger partial charge in [0, 0.05) is 17.3 Å². The van der Waals surface area contributed by atoms with Gasteiger partial charge in [-0.25, -0.2) is 0 Å². The van der Waals surface area contributed by atoms with Gasteiger partial charge in [-0.1, -0.05) is 24.3 Å². The minimum absolute atomic E-state index is 1.06. The van der Waals surface area contributed by atoms with E-state index in [2.05, 4.69) is 34.2 Å². The Bertz CT molecular complexity index is 556. The summed E-state index contributed by atoms with van der Waals surface area (Å²) in [6.07, 6.45) is 1.81. The predicted molar refractivity (Wildman–Crippen MR) is 74.5 cm³/mol. The third kappa shape index (κ3) is 2.74. The lowest BCUT2D eigenvalue weighted by Crippen LogP contribution is -1.73. The first-order valence-corrected chi connectivity index (χ1v) is 5.96. The van der Waals surface area contributed by atoms with Crippen molar-refractivity contribution in [2.24, 2.45) is 0 Å². The monoisotopic (exact) mass is 239 g/mol. The lowest BCUT2D eigenvalue weighted by atomic mass is 10.2. The number of aromatic nitrogens is 3. The second-order valence-corrected chi connectivity index (χ2v) is 4.26. The largest absolute Gasteiger partial charge is 0.282 e. The molecule has 0 aliphatic carbocycles. The molecule has 1 aromatic carbocycles. The maximum atomic E-state index is 4.18. The molecule has 2 heterocycles. The van der Waals surface area contributed by atoms with Crippen molar-refractivity contribution in [2.75, 3.05) is 0 Å². The molecule has 0 bridgehead atoms. The number of hydrogen-bond donors (Lipinski definition) is 1. The van der Waals surface area contributed by atoms with Gasteiger partial charge in [0.2, 0.25) is 0 Å². The van der Waals surface area contributed by atoms with E-state index in [1.807, 2.05) is 44.3 Å². The van der Waals surface area contributed by atoms with Crippen molar-refractivity contribution in [3.63, 3.8) is 0 Å². The van der Waals surface area contributed by atoms with Crippen molar-refractivity contribution in [3.8, 4) is 0 Å². The summed E-state index contributed by atoms with van der Waals surface area (Å²) in [4.78, 5) is 4.18. The van der Waals surface area contributed by atoms with Crippen molar-refractivity contribution >= 4 is 10.9 Å². The summed E-state index contributed by atoms with van der Waals surface area (Å²) in [5, 5.41) is 8.08. The third-order valence-corrected chi connectivity index (χ3v) is 3.01. The highest BCUT2D eigenvalue weighted by atomic mass is 15.1. The second kappa shape index (κ2) is 5.45. The number of fused-ring (bicyclic) bond motifs is 1. The molecule has 0 amide bonds. The minimum Gasteiger partial charge on any atom is -0.282 e. The van der Waals surface area contributed by atoms with Crippen molar-refractivity contribution < 1.29 is 0 Å². The van der Waals surface area contributed by atoms with Crippen LogP contribution in [0.15, 0.2) is 42.6 Å². The molecule has 0 aliphatic heterocycles. The fourth-order valence-corrected chi connectivity index (χ4v) is 1.62. The lowest BCUT2D eigenvalue weighted by molar-refractivity contribution is 1.02. The number of nitrogens with one attached hydrogen (secondary N) is 1. The quantitative estimate of drug-likeness (QED) is 0.651. The summed E-state index contributed by atoms with van der Waals surface area (Å²) in [7, 11) is 0. The first kappa shape index (κ1) is 12.3. The van der Waals surface area contributed by atoms with Crippen LogP contribution in [-0.2, 0) is 0 Å². The first-order chi connectivity index (χ1) is 8.68. The van der Waals surface area contributed by atoms with E-state index < -0.39 is 0 Å². The number of benzene rings is 1. The topological polar surface area (TPSA) is 41.6 Å². The summed E-state index contributed by atoms with van der Waals surface area (Å²) >= 11 is 0. The fourth-order valence-electron chi connectivity index (χ4n) is 1.62. The van der Waals surface area contributed by atoms with Gasteiger partial charge in [0.25, 0.3) is 0 Å². The van der Waals surface area contributed by atoms with Gasteiger partial charge in [-0.05, 0) is 38.5 Å². The smallest absolute Gasteiger partial charge is 0.0701 e. The zero-order chi connectivity index (χ0) is 13.0. The van der Waals surface area contributed by atoms with Gasteiger partial charge >= 0.3 is 0 Å². The number of H-pyrrole nitrogens is 1. The maximum Gasteiger partial charge on any atom is 0.0701 e. The molecule has 0 fully saturated rings. The Hall–Kier alpha value is -2.16. The molecule has 1 N–H and O–H groups in total. The molecule has 0 spiro atoms. The molecule has 18 heavy (non-hydrogen) atoms. The zero-order valence-electron chi connectivity index (χ0n) is 10.9. The molecule has 0 radical (unpaired) electrons. The molecule has 3 rings (SSSR count). The van der Waals surface area contributed by atoms with E-state index in [1.54, 1.807) is 0 Å². The van der Waals surface area contributed by atoms with Gasteiger partial charge in [-0.2, -0.15) is 5.10 Å². The molecular weight excluding hydrogens is 222 g/mol. The number of aromatic amines is 1. The van der Waals surface area contributed by atoms with Crippen LogP contribution in [-0.4, -0.2) is 15.2 Å². The molecule has 0 atom stereocenters. The van der Waals surface area contributed by atoms with Crippen LogP contribution in [0.25, 0.3) is 10.9 Å². The molecule has 3 aromatic rings. The van der Waals surface area contributed by atoms with Gasteiger partial charge in [-0.15, -0.1) is 0 Å². The van der Waals surface area contributed by atoms with Gasteiger partial charge in [0.05, 0.1) is 11.2 Å². The number of nitrogens with zero attached hydrogens (tertiary/aromatic N) is 2. The summed E-state index contributed by atoms with van der Waals surface area (Å²) < 4.78 is 0. The van der Waals surface area contributed by atoms with Crippen LogP contribution in [0.3, 0.4) is 0 Å². The van der Waals surface area contributed by atoms with Gasteiger partial charge < -0.3 is 0 Å². The Morgan fingerprint density at radius 3 is 2.22 bits per heavy atom. The lowest BCUT2D eigenvalue weighted by Gasteiger charge is -1.91. The molecule has 92 valence electrons. The summed E-state index contributed by atoms with van der Waals surface area (Å²) in [5.41, 5.74) is 4.60. The molecular formula is C15H17N3. The van der Waals surface area contributed by atoms with E-state index >= 15 is 0 Å². The Morgan fingerprint density at radius 2 is 1.67 bits per heavy atom. The van der Waals surface area contributed by atoms with Crippen LogP contribution < -0.4 is 0 Å². The van der Waals surface area contributed by atoms with Crippen LogP contribution in [0.2, 0.25) is 0 Å². The van der Waals surface area contributed by atoms with Crippen LogP contribution in [0.5, 0.6) is 0 Å². The van der Waals surface area contributed by atoms with E-state index in [0.29, 0.717) is 0 Å². The highest BCUT2D eigenvalue weighted by Gasteiger charge is 1.96. The zero-order valence-corrected chi connectivity index (χ0v) is 10.9. The Morgan fingerprint density at radius 1 is 0.944 bits per heavy atom. The third-order valence-electron chi connectivity index (χ3n) is 3.01. The second-order valence-electron chi connectivity index (χ2n) is 4.26. The fraction of sp³-hybridized carbons (Fsp3) is 0.200. The number of aryl methyl sites for hydroxylation is 2. The molecule has 2 aromatic heterocycles. The summed E-state index contributed by atoms with van der Waals surface area (Å²) in [6, 6.07) is 12.1. The van der Waals surface area contributed by atoms with Crippen LogP contribution in [0.1, 0.15) is 17.0 Å². The van der Waals surface area contributed by atoms with Gasteiger partial charge in [0.1, 0.15) is 0 Å². The Kier molecular flexibility index (Phi) is 3.72. The van der Waals surface area contributed by atoms with E-state index in [9.17, 15) is 0 Å². The Labute approximate surface area is 107 Å². The van der Waals surface area contributed by atoms with Gasteiger partial charge in [-0.3, -0.25) is 10.1 Å². The van der Waals surface area contributed by atoms with Gasteiger partial charge in [0.15, 0.2) is 0 Å². The molecule has 0 aliphatic rings. The predicted octanol–water partition coefficient (Wildman–Crippen LogP) is 3.57. The van der Waals surface area contributed by atoms with Crippen molar-refractivity contribution in [1.82, 2.24) is 15.2 Å². The molecule has 0 saturated carbocycles. The number of hydrogen-bond acceptors (Lipinski definition) is 2. The van der Waals surface area contributed by atoms with Crippen LogP contribution in [0.4, 0.5) is 0 Å². The number of para-hydroxylation sites is 1. The first-order valence-electron chi connectivity index (χ1n) is 5.96. The van der Waals surface area contributed by atoms with Crippen molar-refractivity contribution in [3.05, 3.63) is 59.5 Å². The average Bonchev–Trinajstić information content (AvgIpc) is 2.71. The molecule has 0 unspecified atom stereocenters. The van der Waals surface area contributed by atoms with Crippen molar-refractivity contribution in [2.45, 2.75) is 20.8 Å². The van der Waals surface area contributed by atoms with Crippen LogP contribution >= 0.6 is 0 Å². The SMILES string of the molecule is Cc1n[nH]c(C)c1C.c1ccc2ncccc2c1. The maximum absolute atomic E-state index is 4.18. The van der Waals surface area contributed by atoms with E-state index in [4.69, 9.17) is 0 Å². The summed E-state index contributed by atoms with van der Waals surface area (Å²) in [5.74, 6) is 0. The number of pyridine rings is 1. The van der Waals surface area contributed by atoms with Crippen LogP contribution in [0, 0.1) is 20.8 Å². The molecule has 3 nitrogen and oxygen atoms in total. The molecule has 3 heteroatoms. The summed E-state index contributed by atoms with van der Waals surface area (Å²) in [6.45, 7) is 6.09. The number of rotatable bonds is 0. The van der Waals surface area contributed by atoms with E-state index in [0.717, 1.165) is 11.2 Å². The highest BCUT2D eigenvalue weighted by molar-refractivity contribution is 5.77. The highest BCUT2D eigenvalue weighted by Crippen LogP contribution is 2.08. The minimum atomic E-state index is 1.06. The standard InChI is InChI=1S/C9H7N.C6H10N2/c1-2-6-9-8(4-1)5-3-7-10-9;1-4-5(2)7-8-6(4)3/h1-7H;1-3H3,(H,7,8). The van der Waals surface area contributed by atoms with E-state index in [1.165, 1.54) is 16.6 Å². The van der Waals surface area contributed by atoms with Crippen molar-refractivity contribution in [1.29, 1.82) is 0 Å². The van der Waals surface area contributed by atoms with E-state index in [-0.39, 0.29) is 0 Å².